The van der Waals surface area contributed by atoms with Gasteiger partial charge in [0.05, 0.1) is 28.7 Å². The minimum Gasteiger partial charge on any atom is -0.454 e. The minimum atomic E-state index is 0.232. The first kappa shape index (κ1) is 18.0. The lowest BCUT2D eigenvalue weighted by atomic mass is 10.1. The minimum absolute atomic E-state index is 0.232. The second-order valence-electron chi connectivity index (χ2n) is 7.12. The average Bonchev–Trinajstić information content (AvgIpc) is 3.40. The van der Waals surface area contributed by atoms with Gasteiger partial charge in [0.25, 0.3) is 0 Å². The smallest absolute Gasteiger partial charge is 0.231 e. The van der Waals surface area contributed by atoms with Gasteiger partial charge in [-0.3, -0.25) is 4.98 Å². The van der Waals surface area contributed by atoms with Crippen LogP contribution in [0.5, 0.6) is 11.5 Å². The Morgan fingerprint density at radius 1 is 1.00 bits per heavy atom. The van der Waals surface area contributed by atoms with Crippen molar-refractivity contribution in [1.82, 2.24) is 15.0 Å². The molecule has 30 heavy (non-hydrogen) atoms. The van der Waals surface area contributed by atoms with Crippen LogP contribution in [-0.2, 0) is 6.42 Å². The molecule has 0 fully saturated rings. The molecule has 0 radical (unpaired) electrons. The Kier molecular flexibility index (Phi) is 4.41. The highest BCUT2D eigenvalue weighted by molar-refractivity contribution is 5.78. The predicted octanol–water partition coefficient (Wildman–Crippen LogP) is 4.64. The van der Waals surface area contributed by atoms with E-state index in [2.05, 4.69) is 16.0 Å². The molecule has 6 heteroatoms. The molecule has 0 spiro atoms. The van der Waals surface area contributed by atoms with E-state index in [9.17, 15) is 0 Å². The van der Waals surface area contributed by atoms with Crippen molar-refractivity contribution < 1.29 is 9.47 Å². The second-order valence-corrected chi connectivity index (χ2v) is 7.12. The van der Waals surface area contributed by atoms with Crippen molar-refractivity contribution in [1.29, 1.82) is 5.26 Å². The second kappa shape index (κ2) is 7.37. The van der Waals surface area contributed by atoms with Crippen LogP contribution in [0.25, 0.3) is 22.6 Å². The molecule has 2 aromatic heterocycles. The van der Waals surface area contributed by atoms with Crippen LogP contribution in [0.15, 0.2) is 60.7 Å². The molecule has 3 heterocycles. The quantitative estimate of drug-likeness (QED) is 0.545. The zero-order valence-corrected chi connectivity index (χ0v) is 16.3. The maximum absolute atomic E-state index is 9.00. The number of ether oxygens (including phenoxy) is 2. The number of benzene rings is 2. The summed E-state index contributed by atoms with van der Waals surface area (Å²) in [6, 6.07) is 21.5. The molecule has 0 bridgehead atoms. The molecule has 6 nitrogen and oxygen atoms in total. The number of nitrogens with zero attached hydrogens (tertiary/aromatic N) is 3. The van der Waals surface area contributed by atoms with Crippen LogP contribution >= 0.6 is 0 Å². The number of imidazole rings is 1. The number of aryl methyl sites for hydroxylation is 1. The van der Waals surface area contributed by atoms with Gasteiger partial charge < -0.3 is 14.5 Å². The van der Waals surface area contributed by atoms with Gasteiger partial charge in [-0.2, -0.15) is 5.26 Å². The Morgan fingerprint density at radius 2 is 1.83 bits per heavy atom. The Hall–Kier alpha value is -4.11. The SMILES string of the molecule is Cc1cccc(-c2[nH]c(Cc3ccc(C#N)cc3)nc2-c2ccc3c(c2)OCO3)n1. The summed E-state index contributed by atoms with van der Waals surface area (Å²) in [5.74, 6) is 2.28. The van der Waals surface area contributed by atoms with E-state index < -0.39 is 0 Å². The van der Waals surface area contributed by atoms with Crippen molar-refractivity contribution in [2.45, 2.75) is 13.3 Å². The van der Waals surface area contributed by atoms with Crippen molar-refractivity contribution in [2.75, 3.05) is 6.79 Å². The molecule has 1 aliphatic heterocycles. The molecule has 0 aliphatic carbocycles. The highest BCUT2D eigenvalue weighted by atomic mass is 16.7. The molecule has 1 N–H and O–H groups in total. The van der Waals surface area contributed by atoms with E-state index in [1.807, 2.05) is 67.6 Å². The van der Waals surface area contributed by atoms with E-state index in [0.717, 1.165) is 45.5 Å². The standard InChI is InChI=1S/C24H18N4O2/c1-15-3-2-4-19(26-15)24-23(18-9-10-20-21(12-18)30-14-29-20)27-22(28-24)11-16-5-7-17(13-25)8-6-16/h2-10,12H,11,14H2,1H3,(H,27,28). The fourth-order valence-electron chi connectivity index (χ4n) is 3.52. The van der Waals surface area contributed by atoms with Gasteiger partial charge in [0.1, 0.15) is 5.82 Å². The number of fused-ring (bicyclic) bond motifs is 1. The molecule has 5 rings (SSSR count). The maximum Gasteiger partial charge on any atom is 0.231 e. The van der Waals surface area contributed by atoms with Gasteiger partial charge in [0.2, 0.25) is 6.79 Å². The van der Waals surface area contributed by atoms with Gasteiger partial charge in [-0.1, -0.05) is 18.2 Å². The Morgan fingerprint density at radius 3 is 2.63 bits per heavy atom. The third-order valence-corrected chi connectivity index (χ3v) is 5.00. The molecule has 4 aromatic rings. The lowest BCUT2D eigenvalue weighted by Crippen LogP contribution is -1.92. The highest BCUT2D eigenvalue weighted by Gasteiger charge is 2.19. The van der Waals surface area contributed by atoms with Gasteiger partial charge in [-0.15, -0.1) is 0 Å². The number of hydrogen-bond donors (Lipinski definition) is 1. The number of pyridine rings is 1. The molecule has 0 unspecified atom stereocenters. The van der Waals surface area contributed by atoms with Gasteiger partial charge in [-0.05, 0) is 55.0 Å². The number of nitriles is 1. The van der Waals surface area contributed by atoms with Crippen LogP contribution in [0.3, 0.4) is 0 Å². The summed E-state index contributed by atoms with van der Waals surface area (Å²) < 4.78 is 11.0. The van der Waals surface area contributed by atoms with E-state index in [-0.39, 0.29) is 6.79 Å². The summed E-state index contributed by atoms with van der Waals surface area (Å²) in [5.41, 5.74) is 6.09. The van der Waals surface area contributed by atoms with Crippen LogP contribution in [0, 0.1) is 18.3 Å². The number of hydrogen-bond acceptors (Lipinski definition) is 5. The van der Waals surface area contributed by atoms with Gasteiger partial charge in [-0.25, -0.2) is 4.98 Å². The number of H-pyrrole nitrogens is 1. The van der Waals surface area contributed by atoms with Crippen LogP contribution in [0.4, 0.5) is 0 Å². The third-order valence-electron chi connectivity index (χ3n) is 5.00. The number of nitrogens with one attached hydrogen (secondary N) is 1. The zero-order chi connectivity index (χ0) is 20.5. The Labute approximate surface area is 173 Å². The third kappa shape index (κ3) is 3.38. The van der Waals surface area contributed by atoms with Crippen LogP contribution in [-0.4, -0.2) is 21.7 Å². The van der Waals surface area contributed by atoms with E-state index >= 15 is 0 Å². The van der Waals surface area contributed by atoms with Gasteiger partial charge in [0.15, 0.2) is 11.5 Å². The molecule has 0 saturated heterocycles. The topological polar surface area (TPSA) is 83.8 Å². The maximum atomic E-state index is 9.00. The van der Waals surface area contributed by atoms with E-state index in [1.165, 1.54) is 0 Å². The monoisotopic (exact) mass is 394 g/mol. The summed E-state index contributed by atoms with van der Waals surface area (Å²) in [6.45, 7) is 2.20. The molecule has 1 aliphatic rings. The first-order chi connectivity index (χ1) is 14.7. The van der Waals surface area contributed by atoms with Crippen molar-refractivity contribution in [3.8, 4) is 40.2 Å². The molecular weight excluding hydrogens is 376 g/mol. The van der Waals surface area contributed by atoms with Crippen LogP contribution in [0.2, 0.25) is 0 Å². The summed E-state index contributed by atoms with van der Waals surface area (Å²) in [7, 11) is 0. The largest absolute Gasteiger partial charge is 0.454 e. The number of rotatable bonds is 4. The van der Waals surface area contributed by atoms with E-state index in [4.69, 9.17) is 19.7 Å². The fraction of sp³-hybridized carbons (Fsp3) is 0.125. The fourth-order valence-corrected chi connectivity index (χ4v) is 3.52. The Bertz CT molecular complexity index is 1270. The van der Waals surface area contributed by atoms with Gasteiger partial charge >= 0.3 is 0 Å². The summed E-state index contributed by atoms with van der Waals surface area (Å²) in [6.07, 6.45) is 0.620. The first-order valence-corrected chi connectivity index (χ1v) is 9.61. The lowest BCUT2D eigenvalue weighted by molar-refractivity contribution is 0.174. The van der Waals surface area contributed by atoms with Crippen molar-refractivity contribution in [3.05, 3.63) is 83.3 Å². The van der Waals surface area contributed by atoms with Crippen molar-refractivity contribution in [3.63, 3.8) is 0 Å². The molecule has 146 valence electrons. The predicted molar refractivity (Wildman–Crippen MR) is 112 cm³/mol. The molecular formula is C24H18N4O2. The summed E-state index contributed by atoms with van der Waals surface area (Å²) in [4.78, 5) is 13.0. The zero-order valence-electron chi connectivity index (χ0n) is 16.3. The highest BCUT2D eigenvalue weighted by Crippen LogP contribution is 2.38. The normalized spacial score (nSPS) is 12.0. The number of aromatic nitrogens is 3. The average molecular weight is 394 g/mol. The summed E-state index contributed by atoms with van der Waals surface area (Å²) >= 11 is 0. The lowest BCUT2D eigenvalue weighted by Gasteiger charge is -2.04. The van der Waals surface area contributed by atoms with Crippen LogP contribution in [0.1, 0.15) is 22.6 Å². The molecule has 0 atom stereocenters. The summed E-state index contributed by atoms with van der Waals surface area (Å²) in [5, 5.41) is 9.00. The van der Waals surface area contributed by atoms with E-state index in [1.54, 1.807) is 0 Å². The molecule has 0 saturated carbocycles. The molecule has 0 amide bonds. The number of aromatic amines is 1. The molecule has 2 aromatic carbocycles. The van der Waals surface area contributed by atoms with E-state index in [0.29, 0.717) is 17.7 Å². The van der Waals surface area contributed by atoms with Crippen molar-refractivity contribution in [2.24, 2.45) is 0 Å². The van der Waals surface area contributed by atoms with Crippen molar-refractivity contribution >= 4 is 0 Å². The first-order valence-electron chi connectivity index (χ1n) is 9.61. The van der Waals surface area contributed by atoms with Gasteiger partial charge in [0, 0.05) is 17.7 Å². The Balaban J connectivity index is 1.58. The van der Waals surface area contributed by atoms with Crippen LogP contribution < -0.4 is 9.47 Å².